The minimum Gasteiger partial charge on any atom is -0.322 e. The number of urea groups is 1. The Balaban J connectivity index is 2.57. The van der Waals surface area contributed by atoms with Crippen LogP contribution in [0.2, 0.25) is 0 Å². The Morgan fingerprint density at radius 1 is 1.64 bits per heavy atom. The van der Waals surface area contributed by atoms with Crippen molar-refractivity contribution < 1.29 is 4.79 Å². The summed E-state index contributed by atoms with van der Waals surface area (Å²) in [7, 11) is 0. The van der Waals surface area contributed by atoms with E-state index in [1.54, 1.807) is 4.90 Å². The second kappa shape index (κ2) is 2.95. The van der Waals surface area contributed by atoms with Crippen molar-refractivity contribution in [2.45, 2.75) is 26.3 Å². The molecule has 1 saturated heterocycles. The second-order valence-electron chi connectivity index (χ2n) is 3.07. The van der Waals surface area contributed by atoms with Crippen LogP contribution in [0, 0.1) is 0 Å². The lowest BCUT2D eigenvalue weighted by molar-refractivity contribution is 0.178. The summed E-state index contributed by atoms with van der Waals surface area (Å²) in [5.41, 5.74) is 0.826. The number of nitrogens with one attached hydrogen (secondary N) is 1. The maximum absolute atomic E-state index is 11.2. The van der Waals surface area contributed by atoms with Crippen molar-refractivity contribution in [1.82, 2.24) is 10.2 Å². The van der Waals surface area contributed by atoms with Crippen LogP contribution in [0.15, 0.2) is 12.3 Å². The predicted octanol–water partition coefficient (Wildman–Crippen LogP) is 1.32. The van der Waals surface area contributed by atoms with E-state index in [2.05, 4.69) is 11.9 Å². The summed E-state index contributed by atoms with van der Waals surface area (Å²) in [5.74, 6) is 0. The molecule has 62 valence electrons. The van der Waals surface area contributed by atoms with E-state index in [1.165, 1.54) is 0 Å². The van der Waals surface area contributed by atoms with Gasteiger partial charge in [-0.3, -0.25) is 0 Å². The largest absolute Gasteiger partial charge is 0.322 e. The van der Waals surface area contributed by atoms with Crippen LogP contribution >= 0.6 is 0 Å². The summed E-state index contributed by atoms with van der Waals surface area (Å²) in [6.45, 7) is 8.51. The monoisotopic (exact) mass is 154 g/mol. The van der Waals surface area contributed by atoms with Gasteiger partial charge < -0.3 is 10.2 Å². The molecule has 0 aliphatic carbocycles. The molecule has 0 bridgehead atoms. The van der Waals surface area contributed by atoms with Crippen molar-refractivity contribution in [3.05, 3.63) is 12.3 Å². The standard InChI is InChI=1S/C8H14N2O/c1-6(2)10-5-4-7(3)9-8(10)11/h6H,3-5H2,1-2H3,(H,9,11). The molecule has 0 radical (unpaired) electrons. The zero-order valence-electron chi connectivity index (χ0n) is 7.05. The molecule has 1 N–H and O–H groups in total. The summed E-state index contributed by atoms with van der Waals surface area (Å²) in [4.78, 5) is 13.0. The van der Waals surface area contributed by atoms with Crippen LogP contribution in [-0.4, -0.2) is 23.5 Å². The Morgan fingerprint density at radius 3 is 2.73 bits per heavy atom. The third-order valence-corrected chi connectivity index (χ3v) is 1.82. The molecule has 0 atom stereocenters. The highest BCUT2D eigenvalue weighted by atomic mass is 16.2. The number of amides is 2. The molecule has 1 heterocycles. The lowest BCUT2D eigenvalue weighted by Crippen LogP contribution is -2.48. The summed E-state index contributed by atoms with van der Waals surface area (Å²) in [6.07, 6.45) is 0.865. The van der Waals surface area contributed by atoms with Crippen LogP contribution in [0.4, 0.5) is 4.79 Å². The first-order valence-electron chi connectivity index (χ1n) is 3.86. The Bertz CT molecular complexity index is 187. The summed E-state index contributed by atoms with van der Waals surface area (Å²) in [5, 5.41) is 2.70. The van der Waals surface area contributed by atoms with E-state index in [0.717, 1.165) is 18.7 Å². The number of hydrogen-bond acceptors (Lipinski definition) is 1. The quantitative estimate of drug-likeness (QED) is 0.607. The molecule has 0 aromatic rings. The minimum absolute atomic E-state index is 0.0174. The number of hydrogen-bond donors (Lipinski definition) is 1. The summed E-state index contributed by atoms with van der Waals surface area (Å²) >= 11 is 0. The van der Waals surface area contributed by atoms with Gasteiger partial charge in [-0.25, -0.2) is 4.79 Å². The van der Waals surface area contributed by atoms with Gasteiger partial charge >= 0.3 is 6.03 Å². The minimum atomic E-state index is -0.0174. The molecule has 3 nitrogen and oxygen atoms in total. The molecule has 0 aromatic carbocycles. The summed E-state index contributed by atoms with van der Waals surface area (Å²) < 4.78 is 0. The number of rotatable bonds is 1. The van der Waals surface area contributed by atoms with Gasteiger partial charge in [0.2, 0.25) is 0 Å². The molecule has 0 aromatic heterocycles. The smallest absolute Gasteiger partial charge is 0.321 e. The molecule has 2 amide bonds. The van der Waals surface area contributed by atoms with E-state index >= 15 is 0 Å². The van der Waals surface area contributed by atoms with Crippen molar-refractivity contribution in [3.63, 3.8) is 0 Å². The molecule has 0 spiro atoms. The highest BCUT2D eigenvalue weighted by Gasteiger charge is 2.21. The molecular weight excluding hydrogens is 140 g/mol. The zero-order chi connectivity index (χ0) is 8.43. The molecular formula is C8H14N2O. The lowest BCUT2D eigenvalue weighted by Gasteiger charge is -2.31. The maximum Gasteiger partial charge on any atom is 0.321 e. The van der Waals surface area contributed by atoms with Gasteiger partial charge in [-0.2, -0.15) is 0 Å². The van der Waals surface area contributed by atoms with Crippen LogP contribution in [0.3, 0.4) is 0 Å². The van der Waals surface area contributed by atoms with Gasteiger partial charge in [0.15, 0.2) is 0 Å². The zero-order valence-corrected chi connectivity index (χ0v) is 7.05. The average molecular weight is 154 g/mol. The Morgan fingerprint density at radius 2 is 2.27 bits per heavy atom. The van der Waals surface area contributed by atoms with Crippen molar-refractivity contribution in [1.29, 1.82) is 0 Å². The first-order valence-corrected chi connectivity index (χ1v) is 3.86. The van der Waals surface area contributed by atoms with Gasteiger partial charge in [-0.1, -0.05) is 6.58 Å². The molecule has 1 fully saturated rings. The van der Waals surface area contributed by atoms with E-state index in [4.69, 9.17) is 0 Å². The highest BCUT2D eigenvalue weighted by Crippen LogP contribution is 2.09. The normalized spacial score (nSPS) is 19.0. The van der Waals surface area contributed by atoms with Gasteiger partial charge in [0, 0.05) is 24.7 Å². The van der Waals surface area contributed by atoms with E-state index in [1.807, 2.05) is 13.8 Å². The lowest BCUT2D eigenvalue weighted by atomic mass is 10.2. The fourth-order valence-corrected chi connectivity index (χ4v) is 1.14. The third kappa shape index (κ3) is 1.73. The van der Waals surface area contributed by atoms with E-state index < -0.39 is 0 Å². The van der Waals surface area contributed by atoms with Crippen molar-refractivity contribution in [3.8, 4) is 0 Å². The molecule has 0 saturated carbocycles. The third-order valence-electron chi connectivity index (χ3n) is 1.82. The van der Waals surface area contributed by atoms with Crippen LogP contribution < -0.4 is 5.32 Å². The summed E-state index contributed by atoms with van der Waals surface area (Å²) in [6, 6.07) is 0.263. The van der Waals surface area contributed by atoms with Crippen molar-refractivity contribution in [2.75, 3.05) is 6.54 Å². The molecule has 1 aliphatic rings. The van der Waals surface area contributed by atoms with Gasteiger partial charge in [0.05, 0.1) is 0 Å². The highest BCUT2D eigenvalue weighted by molar-refractivity contribution is 5.77. The van der Waals surface area contributed by atoms with Crippen molar-refractivity contribution in [2.24, 2.45) is 0 Å². The molecule has 11 heavy (non-hydrogen) atoms. The first-order chi connectivity index (χ1) is 5.11. The van der Waals surface area contributed by atoms with Crippen LogP contribution in [0.25, 0.3) is 0 Å². The van der Waals surface area contributed by atoms with Gasteiger partial charge in [-0.15, -0.1) is 0 Å². The Labute approximate surface area is 67.1 Å². The Kier molecular flexibility index (Phi) is 2.17. The average Bonchev–Trinajstić information content (AvgIpc) is 1.85. The predicted molar refractivity (Wildman–Crippen MR) is 44.1 cm³/mol. The topological polar surface area (TPSA) is 32.3 Å². The van der Waals surface area contributed by atoms with Crippen molar-refractivity contribution >= 4 is 6.03 Å². The van der Waals surface area contributed by atoms with E-state index in [9.17, 15) is 4.79 Å². The van der Waals surface area contributed by atoms with E-state index in [0.29, 0.717) is 0 Å². The van der Waals surface area contributed by atoms with Crippen LogP contribution in [-0.2, 0) is 0 Å². The van der Waals surface area contributed by atoms with Gasteiger partial charge in [0.1, 0.15) is 0 Å². The van der Waals surface area contributed by atoms with Crippen LogP contribution in [0.5, 0.6) is 0 Å². The number of nitrogens with zero attached hydrogens (tertiary/aromatic N) is 1. The SMILES string of the molecule is C=C1CCN(C(C)C)C(=O)N1. The van der Waals surface area contributed by atoms with Crippen LogP contribution in [0.1, 0.15) is 20.3 Å². The molecule has 0 unspecified atom stereocenters. The van der Waals surface area contributed by atoms with Gasteiger partial charge in [0.25, 0.3) is 0 Å². The first kappa shape index (κ1) is 8.11. The molecule has 3 heteroatoms. The number of carbonyl (C=O) groups is 1. The fourth-order valence-electron chi connectivity index (χ4n) is 1.14. The fraction of sp³-hybridized carbons (Fsp3) is 0.625. The van der Waals surface area contributed by atoms with Gasteiger partial charge in [-0.05, 0) is 13.8 Å². The van der Waals surface area contributed by atoms with E-state index in [-0.39, 0.29) is 12.1 Å². The number of carbonyl (C=O) groups excluding carboxylic acids is 1. The molecule has 1 aliphatic heterocycles. The second-order valence-corrected chi connectivity index (χ2v) is 3.07. The Hall–Kier alpha value is -0.990. The molecule has 1 rings (SSSR count). The maximum atomic E-state index is 11.2.